The van der Waals surface area contributed by atoms with Gasteiger partial charge in [0.15, 0.2) is 0 Å². The van der Waals surface area contributed by atoms with Crippen LogP contribution in [0.15, 0.2) is 18.2 Å². The smallest absolute Gasteiger partial charge is 0.123 e. The number of rotatable bonds is 3. The highest BCUT2D eigenvalue weighted by atomic mass is 32.2. The summed E-state index contributed by atoms with van der Waals surface area (Å²) in [6.07, 6.45) is 1.54. The minimum Gasteiger partial charge on any atom is -0.381 e. The standard InChI is InChI=1S/C13H14FNO2S/c14-12-2-1-10(8-15)11(7-12)9-18(16)13-3-5-17-6-4-13/h1-2,7,13H,3-6,9H2. The van der Waals surface area contributed by atoms with E-state index in [1.165, 1.54) is 18.2 Å². The highest BCUT2D eigenvalue weighted by Crippen LogP contribution is 2.19. The molecular formula is C13H14FNO2S. The lowest BCUT2D eigenvalue weighted by molar-refractivity contribution is 0.0992. The number of ether oxygens (including phenoxy) is 1. The fourth-order valence-electron chi connectivity index (χ4n) is 2.00. The first-order chi connectivity index (χ1) is 8.70. The maximum Gasteiger partial charge on any atom is 0.123 e. The van der Waals surface area contributed by atoms with Gasteiger partial charge in [-0.25, -0.2) is 4.39 Å². The first kappa shape index (κ1) is 13.2. The normalized spacial score (nSPS) is 18.2. The van der Waals surface area contributed by atoms with E-state index < -0.39 is 16.6 Å². The first-order valence-electron chi connectivity index (χ1n) is 5.84. The van der Waals surface area contributed by atoms with E-state index in [0.717, 1.165) is 12.8 Å². The quantitative estimate of drug-likeness (QED) is 0.843. The summed E-state index contributed by atoms with van der Waals surface area (Å²) in [4.78, 5) is 0. The zero-order valence-electron chi connectivity index (χ0n) is 9.89. The van der Waals surface area contributed by atoms with Crippen LogP contribution in [0.25, 0.3) is 0 Å². The minimum atomic E-state index is -1.08. The molecule has 0 radical (unpaired) electrons. The molecule has 1 aromatic rings. The van der Waals surface area contributed by atoms with Crippen molar-refractivity contribution in [2.24, 2.45) is 0 Å². The Morgan fingerprint density at radius 1 is 1.44 bits per heavy atom. The van der Waals surface area contributed by atoms with Crippen LogP contribution in [0.2, 0.25) is 0 Å². The third-order valence-electron chi connectivity index (χ3n) is 3.03. The molecule has 5 heteroatoms. The average molecular weight is 267 g/mol. The Kier molecular flexibility index (Phi) is 4.45. The monoisotopic (exact) mass is 267 g/mol. The Bertz CT molecular complexity index is 492. The summed E-state index contributed by atoms with van der Waals surface area (Å²) in [5.74, 6) is -0.154. The molecule has 0 aliphatic carbocycles. The SMILES string of the molecule is N#Cc1ccc(F)cc1CS(=O)C1CCOCC1. The Labute approximate surface area is 108 Å². The van der Waals surface area contributed by atoms with Gasteiger partial charge in [-0.1, -0.05) is 0 Å². The van der Waals surface area contributed by atoms with Gasteiger partial charge in [0.25, 0.3) is 0 Å². The van der Waals surface area contributed by atoms with Gasteiger partial charge in [0.1, 0.15) is 5.82 Å². The number of hydrogen-bond donors (Lipinski definition) is 0. The van der Waals surface area contributed by atoms with Gasteiger partial charge in [0.2, 0.25) is 0 Å². The number of halogens is 1. The Hall–Kier alpha value is -1.25. The van der Waals surface area contributed by atoms with Crippen LogP contribution in [-0.4, -0.2) is 22.7 Å². The van der Waals surface area contributed by atoms with Crippen molar-refractivity contribution in [2.45, 2.75) is 23.8 Å². The summed E-state index contributed by atoms with van der Waals surface area (Å²) < 4.78 is 30.5. The van der Waals surface area contributed by atoms with Gasteiger partial charge in [-0.2, -0.15) is 5.26 Å². The summed E-state index contributed by atoms with van der Waals surface area (Å²) >= 11 is 0. The predicted octanol–water partition coefficient (Wildman–Crippen LogP) is 2.13. The maximum atomic E-state index is 13.1. The van der Waals surface area contributed by atoms with Crippen LogP contribution in [-0.2, 0) is 21.3 Å². The van der Waals surface area contributed by atoms with Crippen LogP contribution in [0, 0.1) is 17.1 Å². The lowest BCUT2D eigenvalue weighted by atomic mass is 10.1. The molecular weight excluding hydrogens is 253 g/mol. The van der Waals surface area contributed by atoms with E-state index in [2.05, 4.69) is 0 Å². The van der Waals surface area contributed by atoms with Crippen molar-refractivity contribution in [1.82, 2.24) is 0 Å². The minimum absolute atomic E-state index is 0.0913. The van der Waals surface area contributed by atoms with Gasteiger partial charge in [0.05, 0.1) is 17.4 Å². The van der Waals surface area contributed by atoms with E-state index in [1.54, 1.807) is 0 Å². The van der Waals surface area contributed by atoms with E-state index in [9.17, 15) is 8.60 Å². The second-order valence-corrected chi connectivity index (χ2v) is 5.97. The van der Waals surface area contributed by atoms with Gasteiger partial charge in [-0.15, -0.1) is 0 Å². The predicted molar refractivity (Wildman–Crippen MR) is 66.8 cm³/mol. The van der Waals surface area contributed by atoms with E-state index >= 15 is 0 Å². The number of benzene rings is 1. The van der Waals surface area contributed by atoms with Crippen molar-refractivity contribution in [3.8, 4) is 6.07 Å². The molecule has 1 aliphatic rings. The van der Waals surface area contributed by atoms with E-state index in [-0.39, 0.29) is 11.0 Å². The zero-order valence-corrected chi connectivity index (χ0v) is 10.7. The zero-order chi connectivity index (χ0) is 13.0. The Morgan fingerprint density at radius 3 is 2.83 bits per heavy atom. The highest BCUT2D eigenvalue weighted by molar-refractivity contribution is 7.84. The van der Waals surface area contributed by atoms with Crippen molar-refractivity contribution >= 4 is 10.8 Å². The van der Waals surface area contributed by atoms with E-state index in [0.29, 0.717) is 24.3 Å². The molecule has 1 aromatic carbocycles. The summed E-state index contributed by atoms with van der Waals surface area (Å²) in [6, 6.07) is 5.99. The molecule has 0 N–H and O–H groups in total. The largest absolute Gasteiger partial charge is 0.381 e. The van der Waals surface area contributed by atoms with Crippen LogP contribution in [0.4, 0.5) is 4.39 Å². The first-order valence-corrected chi connectivity index (χ1v) is 7.22. The molecule has 1 aliphatic heterocycles. The molecule has 0 saturated carbocycles. The summed E-state index contributed by atoms with van der Waals surface area (Å²) in [6.45, 7) is 1.26. The average Bonchev–Trinajstić information content (AvgIpc) is 2.40. The van der Waals surface area contributed by atoms with E-state index in [1.807, 2.05) is 6.07 Å². The molecule has 1 unspecified atom stereocenters. The fourth-order valence-corrected chi connectivity index (χ4v) is 3.50. The molecule has 96 valence electrons. The molecule has 1 heterocycles. The van der Waals surface area contributed by atoms with Crippen molar-refractivity contribution in [3.05, 3.63) is 35.1 Å². The second kappa shape index (κ2) is 6.07. The molecule has 0 bridgehead atoms. The van der Waals surface area contributed by atoms with Gasteiger partial charge < -0.3 is 4.74 Å². The van der Waals surface area contributed by atoms with Crippen LogP contribution in [0.3, 0.4) is 0 Å². The number of hydrogen-bond acceptors (Lipinski definition) is 3. The lowest BCUT2D eigenvalue weighted by Gasteiger charge is -2.21. The highest BCUT2D eigenvalue weighted by Gasteiger charge is 2.21. The van der Waals surface area contributed by atoms with Gasteiger partial charge in [-0.05, 0) is 36.6 Å². The molecule has 1 saturated heterocycles. The van der Waals surface area contributed by atoms with Gasteiger partial charge in [0, 0.05) is 29.3 Å². The van der Waals surface area contributed by atoms with Crippen LogP contribution < -0.4 is 0 Å². The molecule has 1 fully saturated rings. The molecule has 18 heavy (non-hydrogen) atoms. The van der Waals surface area contributed by atoms with Crippen LogP contribution >= 0.6 is 0 Å². The lowest BCUT2D eigenvalue weighted by Crippen LogP contribution is -2.25. The summed E-state index contributed by atoms with van der Waals surface area (Å²) in [5, 5.41) is 9.03. The third kappa shape index (κ3) is 3.15. The van der Waals surface area contributed by atoms with Crippen molar-refractivity contribution < 1.29 is 13.3 Å². The second-order valence-electron chi connectivity index (χ2n) is 4.25. The molecule has 0 aromatic heterocycles. The topological polar surface area (TPSA) is 50.1 Å². The number of nitrogens with zero attached hydrogens (tertiary/aromatic N) is 1. The van der Waals surface area contributed by atoms with Crippen molar-refractivity contribution in [2.75, 3.05) is 13.2 Å². The molecule has 3 nitrogen and oxygen atoms in total. The molecule has 2 rings (SSSR count). The van der Waals surface area contributed by atoms with Gasteiger partial charge in [-0.3, -0.25) is 4.21 Å². The third-order valence-corrected chi connectivity index (χ3v) is 4.84. The molecule has 1 atom stereocenters. The number of nitriles is 1. The summed E-state index contributed by atoms with van der Waals surface area (Å²) in [7, 11) is -1.08. The molecule has 0 amide bonds. The summed E-state index contributed by atoms with van der Waals surface area (Å²) in [5.41, 5.74) is 0.930. The molecule has 0 spiro atoms. The Morgan fingerprint density at radius 2 is 2.17 bits per heavy atom. The van der Waals surface area contributed by atoms with Crippen molar-refractivity contribution in [3.63, 3.8) is 0 Å². The fraction of sp³-hybridized carbons (Fsp3) is 0.462. The van der Waals surface area contributed by atoms with Gasteiger partial charge >= 0.3 is 0 Å². The van der Waals surface area contributed by atoms with Crippen molar-refractivity contribution in [1.29, 1.82) is 5.26 Å². The Balaban J connectivity index is 2.11. The maximum absolute atomic E-state index is 13.1. The van der Waals surface area contributed by atoms with Crippen LogP contribution in [0.5, 0.6) is 0 Å². The van der Waals surface area contributed by atoms with E-state index in [4.69, 9.17) is 10.00 Å². The van der Waals surface area contributed by atoms with Crippen LogP contribution in [0.1, 0.15) is 24.0 Å².